The maximum atomic E-state index is 13.3. The van der Waals surface area contributed by atoms with E-state index >= 15 is 0 Å². The van der Waals surface area contributed by atoms with Crippen LogP contribution in [0.4, 0.5) is 5.69 Å². The average Bonchev–Trinajstić information content (AvgIpc) is 3.05. The number of benzene rings is 3. The summed E-state index contributed by atoms with van der Waals surface area (Å²) in [5.41, 5.74) is 3.42. The highest BCUT2D eigenvalue weighted by molar-refractivity contribution is 6.51. The van der Waals surface area contributed by atoms with Gasteiger partial charge in [-0.1, -0.05) is 48.0 Å². The van der Waals surface area contributed by atoms with Gasteiger partial charge in [-0.25, -0.2) is 0 Å². The fourth-order valence-electron chi connectivity index (χ4n) is 3.98. The molecule has 0 aromatic heterocycles. The van der Waals surface area contributed by atoms with Crippen LogP contribution in [0.2, 0.25) is 5.02 Å². The van der Waals surface area contributed by atoms with Crippen LogP contribution in [0.25, 0.3) is 5.76 Å². The van der Waals surface area contributed by atoms with Gasteiger partial charge in [0.2, 0.25) is 0 Å². The summed E-state index contributed by atoms with van der Waals surface area (Å²) in [5.74, 6) is -1.14. The molecule has 1 fully saturated rings. The minimum atomic E-state index is -0.829. The number of aliphatic hydroxyl groups is 1. The fourth-order valence-corrected chi connectivity index (χ4v) is 4.17. The van der Waals surface area contributed by atoms with Crippen molar-refractivity contribution in [2.45, 2.75) is 19.9 Å². The van der Waals surface area contributed by atoms with Gasteiger partial charge in [-0.3, -0.25) is 14.5 Å². The van der Waals surface area contributed by atoms with Crippen LogP contribution < -0.4 is 9.64 Å². The third-order valence-corrected chi connectivity index (χ3v) is 5.81. The van der Waals surface area contributed by atoms with Gasteiger partial charge in [-0.2, -0.15) is 0 Å². The highest BCUT2D eigenvalue weighted by Crippen LogP contribution is 2.44. The molecular weight excluding hydrogens is 426 g/mol. The summed E-state index contributed by atoms with van der Waals surface area (Å²) in [6.45, 7) is 3.81. The normalized spacial score (nSPS) is 17.6. The van der Waals surface area contributed by atoms with Crippen LogP contribution in [0.1, 0.15) is 28.3 Å². The fraction of sp³-hybridized carbons (Fsp3) is 0.154. The third-order valence-electron chi connectivity index (χ3n) is 5.58. The number of ether oxygens (including phenoxy) is 1. The number of hydrogen-bond acceptors (Lipinski definition) is 4. The van der Waals surface area contributed by atoms with Gasteiger partial charge in [0.1, 0.15) is 11.5 Å². The van der Waals surface area contributed by atoms with Crippen molar-refractivity contribution in [2.75, 3.05) is 12.0 Å². The average molecular weight is 448 g/mol. The van der Waals surface area contributed by atoms with Gasteiger partial charge in [0.15, 0.2) is 0 Å². The molecule has 1 N–H and O–H groups in total. The summed E-state index contributed by atoms with van der Waals surface area (Å²) in [5, 5.41) is 11.6. The van der Waals surface area contributed by atoms with E-state index < -0.39 is 17.7 Å². The number of ketones is 1. The Morgan fingerprint density at radius 1 is 1.00 bits per heavy atom. The Morgan fingerprint density at radius 3 is 2.47 bits per heavy atom. The molecule has 1 unspecified atom stereocenters. The van der Waals surface area contributed by atoms with Crippen LogP contribution in [0, 0.1) is 13.8 Å². The van der Waals surface area contributed by atoms with Gasteiger partial charge in [0.25, 0.3) is 11.7 Å². The molecular formula is C26H22ClNO4. The van der Waals surface area contributed by atoms with Crippen LogP contribution >= 0.6 is 11.6 Å². The summed E-state index contributed by atoms with van der Waals surface area (Å²) in [4.78, 5) is 28.0. The van der Waals surface area contributed by atoms with E-state index in [0.29, 0.717) is 27.6 Å². The number of carbonyl (C=O) groups excluding carboxylic acids is 2. The zero-order valence-corrected chi connectivity index (χ0v) is 18.7. The number of anilines is 1. The number of rotatable bonds is 4. The number of aryl methyl sites for hydroxylation is 2. The molecule has 0 radical (unpaired) electrons. The molecule has 5 nitrogen and oxygen atoms in total. The second-order valence-corrected chi connectivity index (χ2v) is 8.18. The van der Waals surface area contributed by atoms with E-state index in [0.717, 1.165) is 11.1 Å². The van der Waals surface area contributed by atoms with E-state index in [1.165, 1.54) is 4.90 Å². The van der Waals surface area contributed by atoms with E-state index in [1.54, 1.807) is 49.6 Å². The van der Waals surface area contributed by atoms with E-state index in [9.17, 15) is 14.7 Å². The van der Waals surface area contributed by atoms with Crippen molar-refractivity contribution >= 4 is 34.7 Å². The molecule has 1 atom stereocenters. The van der Waals surface area contributed by atoms with Crippen LogP contribution in [-0.4, -0.2) is 23.9 Å². The molecule has 32 heavy (non-hydrogen) atoms. The number of aliphatic hydroxyl groups excluding tert-OH is 1. The molecule has 1 aliphatic rings. The predicted molar refractivity (Wildman–Crippen MR) is 125 cm³/mol. The molecule has 4 rings (SSSR count). The smallest absolute Gasteiger partial charge is 0.300 e. The monoisotopic (exact) mass is 447 g/mol. The molecule has 0 bridgehead atoms. The maximum absolute atomic E-state index is 13.3. The Bertz CT molecular complexity index is 1260. The molecule has 0 saturated carbocycles. The van der Waals surface area contributed by atoms with Gasteiger partial charge >= 0.3 is 0 Å². The van der Waals surface area contributed by atoms with Crippen molar-refractivity contribution in [1.29, 1.82) is 0 Å². The first-order chi connectivity index (χ1) is 15.3. The van der Waals surface area contributed by atoms with Gasteiger partial charge in [0.05, 0.1) is 18.7 Å². The minimum absolute atomic E-state index is 0.00595. The molecule has 0 aliphatic carbocycles. The minimum Gasteiger partial charge on any atom is -0.507 e. The molecule has 162 valence electrons. The molecule has 3 aromatic carbocycles. The summed E-state index contributed by atoms with van der Waals surface area (Å²) >= 11 is 6.10. The van der Waals surface area contributed by atoms with Crippen LogP contribution in [-0.2, 0) is 9.59 Å². The van der Waals surface area contributed by atoms with Crippen molar-refractivity contribution in [3.05, 3.63) is 99.6 Å². The lowest BCUT2D eigenvalue weighted by Gasteiger charge is -2.27. The zero-order valence-electron chi connectivity index (χ0n) is 17.9. The van der Waals surface area contributed by atoms with Gasteiger partial charge in [-0.05, 0) is 60.9 Å². The number of methoxy groups -OCH3 is 1. The quantitative estimate of drug-likeness (QED) is 0.321. The highest BCUT2D eigenvalue weighted by atomic mass is 35.5. The first-order valence-electron chi connectivity index (χ1n) is 10.1. The van der Waals surface area contributed by atoms with E-state index in [4.69, 9.17) is 16.3 Å². The number of amides is 1. The summed E-state index contributed by atoms with van der Waals surface area (Å²) in [7, 11) is 1.55. The van der Waals surface area contributed by atoms with Crippen LogP contribution in [0.3, 0.4) is 0 Å². The molecule has 1 amide bonds. The summed E-state index contributed by atoms with van der Waals surface area (Å²) < 4.78 is 5.36. The number of nitrogens with zero attached hydrogens (tertiary/aromatic N) is 1. The van der Waals surface area contributed by atoms with E-state index in [1.807, 2.05) is 38.1 Å². The number of Topliss-reactive ketones (excluding diaryl/α,β-unsaturated/α-hetero) is 1. The molecule has 1 aliphatic heterocycles. The Hall–Kier alpha value is -3.57. The third kappa shape index (κ3) is 3.76. The second-order valence-electron chi connectivity index (χ2n) is 7.75. The van der Waals surface area contributed by atoms with Crippen LogP contribution in [0.5, 0.6) is 5.75 Å². The topological polar surface area (TPSA) is 66.8 Å². The Morgan fingerprint density at radius 2 is 1.75 bits per heavy atom. The standard InChI is InChI=1S/C26H22ClNO4/c1-15-10-11-16(2)21(12-15)28-23(17-6-5-9-20(14-17)32-3)22(25(30)26(28)31)24(29)18-7-4-8-19(27)13-18/h4-14,23,29H,1-3H3/b24-22+. The lowest BCUT2D eigenvalue weighted by Crippen LogP contribution is -2.30. The second kappa shape index (κ2) is 8.52. The van der Waals surface area contributed by atoms with Crippen LogP contribution in [0.15, 0.2) is 72.3 Å². The summed E-state index contributed by atoms with van der Waals surface area (Å²) in [6.07, 6.45) is 0. The first kappa shape index (κ1) is 21.7. The van der Waals surface area contributed by atoms with Crippen molar-refractivity contribution in [1.82, 2.24) is 0 Å². The highest BCUT2D eigenvalue weighted by Gasteiger charge is 2.47. The number of halogens is 1. The number of hydrogen-bond donors (Lipinski definition) is 1. The lowest BCUT2D eigenvalue weighted by molar-refractivity contribution is -0.132. The van der Waals surface area contributed by atoms with Gasteiger partial charge < -0.3 is 9.84 Å². The zero-order chi connectivity index (χ0) is 23.0. The Labute approximate surface area is 191 Å². The van der Waals surface area contributed by atoms with Crippen molar-refractivity contribution in [3.8, 4) is 5.75 Å². The van der Waals surface area contributed by atoms with E-state index in [-0.39, 0.29) is 11.3 Å². The van der Waals surface area contributed by atoms with Crippen molar-refractivity contribution < 1.29 is 19.4 Å². The molecule has 0 spiro atoms. The van der Waals surface area contributed by atoms with Gasteiger partial charge in [-0.15, -0.1) is 0 Å². The SMILES string of the molecule is COc1cccc(C2/C(=C(\O)c3cccc(Cl)c3)C(=O)C(=O)N2c2cc(C)ccc2C)c1. The van der Waals surface area contributed by atoms with E-state index in [2.05, 4.69) is 0 Å². The maximum Gasteiger partial charge on any atom is 0.300 e. The first-order valence-corrected chi connectivity index (χ1v) is 10.5. The molecule has 1 heterocycles. The predicted octanol–water partition coefficient (Wildman–Crippen LogP) is 5.59. The molecule has 3 aromatic rings. The largest absolute Gasteiger partial charge is 0.507 e. The molecule has 6 heteroatoms. The number of carbonyl (C=O) groups is 2. The van der Waals surface area contributed by atoms with Gasteiger partial charge in [0, 0.05) is 16.3 Å². The lowest BCUT2D eigenvalue weighted by atomic mass is 9.94. The Kier molecular flexibility index (Phi) is 5.76. The summed E-state index contributed by atoms with van der Waals surface area (Å²) in [6, 6.07) is 18.6. The Balaban J connectivity index is 2.00. The van der Waals surface area contributed by atoms with Crippen molar-refractivity contribution in [3.63, 3.8) is 0 Å². The molecule has 1 saturated heterocycles. The van der Waals surface area contributed by atoms with Crippen molar-refractivity contribution in [2.24, 2.45) is 0 Å².